The largest absolute Gasteiger partial charge is 0.497 e. The van der Waals surface area contributed by atoms with Crippen molar-refractivity contribution in [1.29, 1.82) is 0 Å². The van der Waals surface area contributed by atoms with Crippen molar-refractivity contribution in [2.75, 3.05) is 13.7 Å². The van der Waals surface area contributed by atoms with Gasteiger partial charge in [0.15, 0.2) is 0 Å². The van der Waals surface area contributed by atoms with Crippen LogP contribution in [0.3, 0.4) is 0 Å². The third kappa shape index (κ3) is 1.76. The summed E-state index contributed by atoms with van der Waals surface area (Å²) in [5, 5.41) is 3.29. The highest BCUT2D eigenvalue weighted by Crippen LogP contribution is 2.30. The molecule has 0 amide bonds. The predicted molar refractivity (Wildman–Crippen MR) is 65.1 cm³/mol. The Morgan fingerprint density at radius 3 is 3.17 bits per heavy atom. The van der Waals surface area contributed by atoms with Gasteiger partial charge in [0.1, 0.15) is 11.6 Å². The molecule has 0 saturated carbocycles. The number of hydrogen-bond donors (Lipinski definition) is 2. The van der Waals surface area contributed by atoms with E-state index in [1.165, 1.54) is 6.07 Å². The van der Waals surface area contributed by atoms with E-state index in [2.05, 4.69) is 15.3 Å². The molecule has 1 aromatic heterocycles. The fraction of sp³-hybridized carbons (Fsp3) is 0.308. The molecule has 0 spiro atoms. The summed E-state index contributed by atoms with van der Waals surface area (Å²) in [6.45, 7) is 0.802. The number of halogens is 1. The number of aromatic amines is 1. The molecule has 0 saturated heterocycles. The van der Waals surface area contributed by atoms with Gasteiger partial charge >= 0.3 is 0 Å². The van der Waals surface area contributed by atoms with Gasteiger partial charge in [0.2, 0.25) is 0 Å². The van der Waals surface area contributed by atoms with Crippen molar-refractivity contribution >= 4 is 0 Å². The molecule has 4 nitrogen and oxygen atoms in total. The Morgan fingerprint density at radius 2 is 2.33 bits per heavy atom. The van der Waals surface area contributed by atoms with Crippen molar-refractivity contribution in [3.8, 4) is 5.75 Å². The van der Waals surface area contributed by atoms with Crippen LogP contribution in [0.1, 0.15) is 23.0 Å². The molecular formula is C13H14FN3O. The van der Waals surface area contributed by atoms with E-state index >= 15 is 0 Å². The molecule has 2 heterocycles. The van der Waals surface area contributed by atoms with Crippen LogP contribution in [0.25, 0.3) is 0 Å². The number of rotatable bonds is 2. The lowest BCUT2D eigenvalue weighted by Crippen LogP contribution is -2.31. The molecule has 5 heteroatoms. The molecule has 1 aromatic carbocycles. The zero-order valence-corrected chi connectivity index (χ0v) is 10.0. The lowest BCUT2D eigenvalue weighted by atomic mass is 9.97. The van der Waals surface area contributed by atoms with E-state index in [0.29, 0.717) is 11.3 Å². The van der Waals surface area contributed by atoms with Crippen LogP contribution in [-0.4, -0.2) is 23.6 Å². The average Bonchev–Trinajstić information content (AvgIpc) is 2.87. The summed E-state index contributed by atoms with van der Waals surface area (Å²) < 4.78 is 19.1. The van der Waals surface area contributed by atoms with Gasteiger partial charge in [-0.15, -0.1) is 0 Å². The van der Waals surface area contributed by atoms with Gasteiger partial charge in [-0.05, 0) is 18.2 Å². The highest BCUT2D eigenvalue weighted by molar-refractivity contribution is 5.38. The molecule has 94 valence electrons. The summed E-state index contributed by atoms with van der Waals surface area (Å²) in [5.41, 5.74) is 2.51. The molecule has 1 aliphatic heterocycles. The topological polar surface area (TPSA) is 49.9 Å². The van der Waals surface area contributed by atoms with Crippen molar-refractivity contribution < 1.29 is 9.13 Å². The van der Waals surface area contributed by atoms with Gasteiger partial charge in [-0.1, -0.05) is 0 Å². The van der Waals surface area contributed by atoms with E-state index in [4.69, 9.17) is 4.74 Å². The average molecular weight is 247 g/mol. The number of ether oxygens (including phenoxy) is 1. The van der Waals surface area contributed by atoms with E-state index in [1.54, 1.807) is 25.6 Å². The molecular weight excluding hydrogens is 233 g/mol. The van der Waals surface area contributed by atoms with Gasteiger partial charge in [-0.25, -0.2) is 9.37 Å². The molecule has 0 radical (unpaired) electrons. The van der Waals surface area contributed by atoms with Gasteiger partial charge in [-0.2, -0.15) is 0 Å². The molecule has 0 fully saturated rings. The summed E-state index contributed by atoms with van der Waals surface area (Å²) in [6.07, 6.45) is 2.54. The number of aromatic nitrogens is 2. The summed E-state index contributed by atoms with van der Waals surface area (Å²) in [7, 11) is 1.57. The van der Waals surface area contributed by atoms with Crippen LogP contribution in [0.4, 0.5) is 4.39 Å². The van der Waals surface area contributed by atoms with E-state index in [9.17, 15) is 4.39 Å². The van der Waals surface area contributed by atoms with Crippen LogP contribution >= 0.6 is 0 Å². The molecule has 0 aliphatic carbocycles. The second kappa shape index (κ2) is 4.42. The maximum atomic E-state index is 14.0. The van der Waals surface area contributed by atoms with Gasteiger partial charge in [0.25, 0.3) is 0 Å². The summed E-state index contributed by atoms with van der Waals surface area (Å²) in [4.78, 5) is 7.39. The first-order chi connectivity index (χ1) is 8.79. The minimum atomic E-state index is -0.246. The number of nitrogens with zero attached hydrogens (tertiary/aromatic N) is 1. The van der Waals surface area contributed by atoms with Crippen LogP contribution in [-0.2, 0) is 6.42 Å². The molecule has 0 unspecified atom stereocenters. The van der Waals surface area contributed by atoms with Gasteiger partial charge in [0, 0.05) is 24.2 Å². The van der Waals surface area contributed by atoms with E-state index < -0.39 is 0 Å². The number of fused-ring (bicyclic) bond motifs is 1. The number of H-pyrrole nitrogens is 1. The minimum absolute atomic E-state index is 0.213. The lowest BCUT2D eigenvalue weighted by molar-refractivity contribution is 0.411. The molecule has 2 N–H and O–H groups in total. The first kappa shape index (κ1) is 11.2. The number of methoxy groups -OCH3 is 1. The molecule has 1 atom stereocenters. The summed E-state index contributed by atoms with van der Waals surface area (Å²) in [5.74, 6) is 0.403. The predicted octanol–water partition coefficient (Wildman–Crippen LogP) is 1.79. The van der Waals surface area contributed by atoms with Crippen LogP contribution in [0.15, 0.2) is 24.5 Å². The number of nitrogens with one attached hydrogen (secondary N) is 2. The second-order valence-electron chi connectivity index (χ2n) is 4.29. The minimum Gasteiger partial charge on any atom is -0.497 e. The third-order valence-corrected chi connectivity index (χ3v) is 3.26. The fourth-order valence-electron chi connectivity index (χ4n) is 2.35. The van der Waals surface area contributed by atoms with Crippen molar-refractivity contribution in [1.82, 2.24) is 15.3 Å². The smallest absolute Gasteiger partial charge is 0.128 e. The number of imidazole rings is 1. The van der Waals surface area contributed by atoms with Crippen LogP contribution in [0.5, 0.6) is 5.75 Å². The van der Waals surface area contributed by atoms with Crippen molar-refractivity contribution in [3.63, 3.8) is 0 Å². The zero-order valence-electron chi connectivity index (χ0n) is 10.0. The molecule has 0 bridgehead atoms. The molecule has 2 aromatic rings. The Kier molecular flexibility index (Phi) is 2.76. The quantitative estimate of drug-likeness (QED) is 0.850. The highest BCUT2D eigenvalue weighted by atomic mass is 19.1. The lowest BCUT2D eigenvalue weighted by Gasteiger charge is -2.24. The van der Waals surface area contributed by atoms with Crippen LogP contribution in [0.2, 0.25) is 0 Å². The van der Waals surface area contributed by atoms with E-state index in [0.717, 1.165) is 24.4 Å². The van der Waals surface area contributed by atoms with E-state index in [1.807, 2.05) is 0 Å². The monoisotopic (exact) mass is 247 g/mol. The first-order valence-electron chi connectivity index (χ1n) is 5.88. The maximum Gasteiger partial charge on any atom is 0.128 e. The summed E-state index contributed by atoms with van der Waals surface area (Å²) in [6, 6.07) is 4.55. The third-order valence-electron chi connectivity index (χ3n) is 3.26. The van der Waals surface area contributed by atoms with Gasteiger partial charge in [0.05, 0.1) is 25.2 Å². The Labute approximate surface area is 104 Å². The van der Waals surface area contributed by atoms with Crippen LogP contribution < -0.4 is 10.1 Å². The van der Waals surface area contributed by atoms with E-state index in [-0.39, 0.29) is 11.9 Å². The van der Waals surface area contributed by atoms with Crippen LogP contribution in [0, 0.1) is 5.82 Å². The molecule has 3 rings (SSSR count). The van der Waals surface area contributed by atoms with Gasteiger partial charge in [-0.3, -0.25) is 0 Å². The molecule has 1 aliphatic rings. The molecule has 18 heavy (non-hydrogen) atoms. The second-order valence-corrected chi connectivity index (χ2v) is 4.29. The summed E-state index contributed by atoms with van der Waals surface area (Å²) >= 11 is 0. The number of benzene rings is 1. The fourth-order valence-corrected chi connectivity index (χ4v) is 2.35. The zero-order chi connectivity index (χ0) is 12.5. The normalized spacial score (nSPS) is 18.4. The van der Waals surface area contributed by atoms with Crippen molar-refractivity contribution in [2.24, 2.45) is 0 Å². The van der Waals surface area contributed by atoms with Gasteiger partial charge < -0.3 is 15.0 Å². The highest BCUT2D eigenvalue weighted by Gasteiger charge is 2.26. The Bertz CT molecular complexity index is 567. The van der Waals surface area contributed by atoms with Crippen molar-refractivity contribution in [3.05, 3.63) is 47.3 Å². The Morgan fingerprint density at radius 1 is 1.44 bits per heavy atom. The van der Waals surface area contributed by atoms with Crippen molar-refractivity contribution in [2.45, 2.75) is 12.5 Å². The first-order valence-corrected chi connectivity index (χ1v) is 5.88. The SMILES string of the molecule is COc1ccc(F)c([C@H]2NCCc3[nH]cnc32)c1. The standard InChI is InChI=1S/C13H14FN3O/c1-18-8-2-3-10(14)9(6-8)12-13-11(4-5-15-12)16-7-17-13/h2-3,6-7,12,15H,4-5H2,1H3,(H,16,17)/t12-/m1/s1. The Hall–Kier alpha value is -1.88. The maximum absolute atomic E-state index is 14.0. The number of hydrogen-bond acceptors (Lipinski definition) is 3. The Balaban J connectivity index is 2.06.